The van der Waals surface area contributed by atoms with Crippen molar-refractivity contribution in [1.82, 2.24) is 4.90 Å². The Morgan fingerprint density at radius 3 is 2.31 bits per heavy atom. The summed E-state index contributed by atoms with van der Waals surface area (Å²) in [5.74, 6) is -0.238. The lowest BCUT2D eigenvalue weighted by Gasteiger charge is -2.16. The fraction of sp³-hybridized carbons (Fsp3) is 0.222. The number of nitrogens with one attached hydrogen (secondary N) is 3. The zero-order chi connectivity index (χ0) is 24.6. The maximum Gasteiger partial charge on any atom is 0.258 e. The quantitative estimate of drug-likeness (QED) is 0.404. The van der Waals surface area contributed by atoms with E-state index in [2.05, 4.69) is 32.4 Å². The van der Waals surface area contributed by atoms with E-state index in [9.17, 15) is 13.2 Å². The van der Waals surface area contributed by atoms with E-state index in [0.29, 0.717) is 41.1 Å². The summed E-state index contributed by atoms with van der Waals surface area (Å²) in [6, 6.07) is 22.9. The van der Waals surface area contributed by atoms with E-state index < -0.39 is 10.0 Å². The summed E-state index contributed by atoms with van der Waals surface area (Å²) in [4.78, 5) is 15.3. The van der Waals surface area contributed by atoms with Crippen molar-refractivity contribution in [3.8, 4) is 0 Å². The van der Waals surface area contributed by atoms with Crippen molar-refractivity contribution in [2.24, 2.45) is 0 Å². The second-order valence-corrected chi connectivity index (χ2v) is 11.2. The van der Waals surface area contributed by atoms with Gasteiger partial charge in [-0.3, -0.25) is 9.52 Å². The Kier molecular flexibility index (Phi) is 6.08. The predicted molar refractivity (Wildman–Crippen MR) is 141 cm³/mol. The summed E-state index contributed by atoms with van der Waals surface area (Å²) in [7, 11) is 0.641. The Morgan fingerprint density at radius 1 is 0.971 bits per heavy atom. The van der Waals surface area contributed by atoms with Gasteiger partial charge in [0.05, 0.1) is 16.5 Å². The summed E-state index contributed by atoms with van der Waals surface area (Å²) in [6.07, 6.45) is 1.36. The molecule has 1 saturated carbocycles. The number of fused-ring (bicyclic) bond motifs is 1. The molecular weight excluding hydrogens is 460 g/mol. The topological polar surface area (TPSA) is 90.5 Å². The van der Waals surface area contributed by atoms with E-state index in [0.717, 1.165) is 17.8 Å². The maximum absolute atomic E-state index is 13.2. The zero-order valence-corrected chi connectivity index (χ0v) is 20.5. The highest BCUT2D eigenvalue weighted by atomic mass is 32.2. The van der Waals surface area contributed by atoms with E-state index in [1.165, 1.54) is 5.56 Å². The Labute approximate surface area is 205 Å². The van der Waals surface area contributed by atoms with Crippen LogP contribution in [0.25, 0.3) is 11.3 Å². The second-order valence-electron chi connectivity index (χ2n) is 9.24. The predicted octanol–water partition coefficient (Wildman–Crippen LogP) is 4.58. The fourth-order valence-electron chi connectivity index (χ4n) is 4.19. The van der Waals surface area contributed by atoms with Crippen LogP contribution in [0, 0.1) is 0 Å². The van der Waals surface area contributed by atoms with Gasteiger partial charge < -0.3 is 15.5 Å². The van der Waals surface area contributed by atoms with Crippen molar-refractivity contribution >= 4 is 44.3 Å². The summed E-state index contributed by atoms with van der Waals surface area (Å²) in [5, 5.41) is 6.04. The fourth-order valence-corrected chi connectivity index (χ4v) is 5.57. The van der Waals surface area contributed by atoms with Crippen LogP contribution in [0.5, 0.6) is 0 Å². The molecule has 3 aromatic rings. The molecule has 2 aliphatic rings. The van der Waals surface area contributed by atoms with Crippen molar-refractivity contribution in [1.29, 1.82) is 0 Å². The van der Waals surface area contributed by atoms with Crippen molar-refractivity contribution in [3.63, 3.8) is 0 Å². The average Bonchev–Trinajstić information content (AvgIpc) is 3.63. The molecule has 0 radical (unpaired) electrons. The molecule has 5 rings (SSSR count). The van der Waals surface area contributed by atoms with Crippen LogP contribution < -0.4 is 15.4 Å². The number of nitrogens with zero attached hydrogens (tertiary/aromatic N) is 1. The van der Waals surface area contributed by atoms with Gasteiger partial charge in [-0.05, 0) is 68.4 Å². The van der Waals surface area contributed by atoms with Crippen LogP contribution >= 0.6 is 0 Å². The number of hydrogen-bond donors (Lipinski definition) is 3. The highest BCUT2D eigenvalue weighted by Crippen LogP contribution is 2.39. The minimum Gasteiger partial charge on any atom is -0.354 e. The minimum atomic E-state index is -3.41. The molecule has 3 aromatic carbocycles. The summed E-state index contributed by atoms with van der Waals surface area (Å²) in [5.41, 5.74) is 5.77. The first-order chi connectivity index (χ1) is 16.8. The Hall–Kier alpha value is -3.62. The summed E-state index contributed by atoms with van der Waals surface area (Å²) < 4.78 is 27.6. The second kappa shape index (κ2) is 9.20. The van der Waals surface area contributed by atoms with E-state index in [-0.39, 0.29) is 11.2 Å². The molecule has 7 nitrogen and oxygen atoms in total. The third-order valence-corrected chi connectivity index (χ3v) is 7.89. The summed E-state index contributed by atoms with van der Waals surface area (Å²) in [6.45, 7) is 0.836. The Morgan fingerprint density at radius 2 is 1.66 bits per heavy atom. The van der Waals surface area contributed by atoms with E-state index in [1.54, 1.807) is 18.2 Å². The van der Waals surface area contributed by atoms with Gasteiger partial charge in [0.2, 0.25) is 10.0 Å². The monoisotopic (exact) mass is 488 g/mol. The van der Waals surface area contributed by atoms with Crippen LogP contribution in [0.1, 0.15) is 29.5 Å². The lowest BCUT2D eigenvalue weighted by atomic mass is 9.99. The van der Waals surface area contributed by atoms with Crippen LogP contribution in [-0.4, -0.2) is 38.6 Å². The highest BCUT2D eigenvalue weighted by molar-refractivity contribution is 7.93. The molecule has 1 aliphatic heterocycles. The normalized spacial score (nSPS) is 16.6. The van der Waals surface area contributed by atoms with Crippen molar-refractivity contribution in [2.75, 3.05) is 29.5 Å². The van der Waals surface area contributed by atoms with Crippen LogP contribution in [0.15, 0.2) is 72.8 Å². The number of carbonyl (C=O) groups excluding carboxylic acids is 1. The van der Waals surface area contributed by atoms with Crippen LogP contribution in [0.3, 0.4) is 0 Å². The molecule has 35 heavy (non-hydrogen) atoms. The van der Waals surface area contributed by atoms with Gasteiger partial charge in [0.25, 0.3) is 5.91 Å². The molecular formula is C27H28N4O3S. The van der Waals surface area contributed by atoms with Crippen LogP contribution in [0.2, 0.25) is 0 Å². The van der Waals surface area contributed by atoms with Gasteiger partial charge in [-0.1, -0.05) is 42.5 Å². The van der Waals surface area contributed by atoms with E-state index in [4.69, 9.17) is 0 Å². The molecule has 1 aliphatic carbocycles. The molecule has 1 amide bonds. The molecule has 0 unspecified atom stereocenters. The smallest absolute Gasteiger partial charge is 0.258 e. The Balaban J connectivity index is 1.56. The molecule has 0 aromatic heterocycles. The maximum atomic E-state index is 13.2. The number of sulfonamides is 1. The molecule has 0 atom stereocenters. The van der Waals surface area contributed by atoms with Gasteiger partial charge in [-0.25, -0.2) is 8.42 Å². The van der Waals surface area contributed by atoms with Gasteiger partial charge in [0.1, 0.15) is 0 Å². The van der Waals surface area contributed by atoms with Gasteiger partial charge in [-0.15, -0.1) is 0 Å². The lowest BCUT2D eigenvalue weighted by molar-refractivity contribution is -0.110. The number of amides is 1. The first-order valence-corrected chi connectivity index (χ1v) is 13.1. The van der Waals surface area contributed by atoms with Gasteiger partial charge in [-0.2, -0.15) is 0 Å². The van der Waals surface area contributed by atoms with E-state index >= 15 is 0 Å². The molecule has 0 bridgehead atoms. The number of rotatable bonds is 8. The number of benzene rings is 3. The molecule has 1 heterocycles. The molecule has 0 saturated heterocycles. The number of hydrogen-bond acceptors (Lipinski definition) is 5. The number of carbonyl (C=O) groups is 1. The van der Waals surface area contributed by atoms with Gasteiger partial charge in [0.15, 0.2) is 0 Å². The first-order valence-electron chi connectivity index (χ1n) is 11.6. The first kappa shape index (κ1) is 23.1. The zero-order valence-electron chi connectivity index (χ0n) is 19.7. The van der Waals surface area contributed by atoms with Gasteiger partial charge in [0, 0.05) is 29.2 Å². The molecule has 8 heteroatoms. The highest BCUT2D eigenvalue weighted by Gasteiger charge is 2.36. The molecule has 3 N–H and O–H groups in total. The van der Waals surface area contributed by atoms with Crippen molar-refractivity contribution < 1.29 is 13.2 Å². The third-order valence-electron chi connectivity index (χ3n) is 6.02. The SMILES string of the molecule is CN(C)Cc1ccc(N/C(=C2\C(=O)Nc3ccc(NS(=O)(=O)C4CC4)cc32)c2ccccc2)cc1. The standard InChI is InChI=1S/C27H28N4O3S/c1-31(2)17-18-8-10-20(11-9-18)28-26(19-6-4-3-5-7-19)25-23-16-21(12-15-24(23)29-27(25)32)30-35(33,34)22-13-14-22/h3-12,15-16,22,28,30H,13-14,17H2,1-2H3,(H,29,32)/b26-25-. The van der Waals surface area contributed by atoms with Crippen molar-refractivity contribution in [3.05, 3.63) is 89.5 Å². The molecule has 1 fully saturated rings. The third kappa shape index (κ3) is 5.08. The Bertz CT molecular complexity index is 1390. The minimum absolute atomic E-state index is 0.238. The average molecular weight is 489 g/mol. The van der Waals surface area contributed by atoms with Crippen molar-refractivity contribution in [2.45, 2.75) is 24.6 Å². The van der Waals surface area contributed by atoms with Crippen LogP contribution in [-0.2, 0) is 21.4 Å². The lowest BCUT2D eigenvalue weighted by Crippen LogP contribution is -2.17. The van der Waals surface area contributed by atoms with Gasteiger partial charge >= 0.3 is 0 Å². The molecule has 180 valence electrons. The summed E-state index contributed by atoms with van der Waals surface area (Å²) >= 11 is 0. The van der Waals surface area contributed by atoms with E-state index in [1.807, 2.05) is 56.6 Å². The molecule has 0 spiro atoms. The largest absolute Gasteiger partial charge is 0.354 e. The van der Waals surface area contributed by atoms with Crippen LogP contribution in [0.4, 0.5) is 17.1 Å². The number of anilines is 3.